The van der Waals surface area contributed by atoms with Crippen molar-refractivity contribution in [2.24, 2.45) is 0 Å². The quantitative estimate of drug-likeness (QED) is 0.766. The first-order chi connectivity index (χ1) is 12.3. The van der Waals surface area contributed by atoms with Gasteiger partial charge in [-0.15, -0.1) is 0 Å². The van der Waals surface area contributed by atoms with E-state index in [9.17, 15) is 13.2 Å². The third-order valence-electron chi connectivity index (χ3n) is 4.46. The third-order valence-corrected chi connectivity index (χ3v) is 6.38. The van der Waals surface area contributed by atoms with Crippen molar-refractivity contribution in [3.63, 3.8) is 0 Å². The van der Waals surface area contributed by atoms with Crippen LogP contribution in [0.5, 0.6) is 0 Å². The summed E-state index contributed by atoms with van der Waals surface area (Å²) in [4.78, 5) is 14.1. The normalized spacial score (nSPS) is 17.5. The molecule has 1 aromatic rings. The van der Waals surface area contributed by atoms with E-state index >= 15 is 0 Å². The maximum atomic E-state index is 13.0. The smallest absolute Gasteiger partial charge is 0.410 e. The lowest BCUT2D eigenvalue weighted by molar-refractivity contribution is 0.0260. The lowest BCUT2D eigenvalue weighted by atomic mass is 9.87. The average Bonchev–Trinajstić information content (AvgIpc) is 2.79. The van der Waals surface area contributed by atoms with Crippen LogP contribution in [0.4, 0.5) is 4.79 Å². The van der Waals surface area contributed by atoms with Gasteiger partial charge < -0.3 is 9.64 Å². The maximum absolute atomic E-state index is 13.0. The monoisotopic (exact) mass is 396 g/mol. The van der Waals surface area contributed by atoms with E-state index in [1.807, 2.05) is 32.9 Å². The summed E-state index contributed by atoms with van der Waals surface area (Å²) in [5.41, 5.74) is 0.497. The molecule has 2 rings (SSSR count). The highest BCUT2D eigenvalue weighted by Crippen LogP contribution is 2.25. The van der Waals surface area contributed by atoms with Crippen LogP contribution in [0.3, 0.4) is 0 Å². The van der Waals surface area contributed by atoms with Gasteiger partial charge in [0.05, 0.1) is 4.90 Å². The molecule has 27 heavy (non-hydrogen) atoms. The zero-order chi connectivity index (χ0) is 20.5. The van der Waals surface area contributed by atoms with Crippen molar-refractivity contribution in [3.05, 3.63) is 29.8 Å². The first-order valence-corrected chi connectivity index (χ1v) is 10.8. The third kappa shape index (κ3) is 5.69. The van der Waals surface area contributed by atoms with Crippen LogP contribution < -0.4 is 0 Å². The van der Waals surface area contributed by atoms with Gasteiger partial charge >= 0.3 is 6.09 Å². The van der Waals surface area contributed by atoms with Crippen LogP contribution in [0.2, 0.25) is 0 Å². The van der Waals surface area contributed by atoms with Crippen LogP contribution in [0, 0.1) is 0 Å². The summed E-state index contributed by atoms with van der Waals surface area (Å²) >= 11 is 0. The Kier molecular flexibility index (Phi) is 6.26. The minimum Gasteiger partial charge on any atom is -0.444 e. The van der Waals surface area contributed by atoms with Crippen molar-refractivity contribution in [1.29, 1.82) is 0 Å². The average molecular weight is 397 g/mol. The summed E-state index contributed by atoms with van der Waals surface area (Å²) in [5, 5.41) is 0. The van der Waals surface area contributed by atoms with E-state index in [4.69, 9.17) is 4.74 Å². The molecule has 0 N–H and O–H groups in total. The molecule has 1 aliphatic rings. The van der Waals surface area contributed by atoms with Crippen molar-refractivity contribution in [3.8, 4) is 0 Å². The Balaban J connectivity index is 2.10. The molecule has 1 fully saturated rings. The van der Waals surface area contributed by atoms with Crippen LogP contribution in [-0.4, -0.2) is 55.5 Å². The predicted octanol–water partition coefficient (Wildman–Crippen LogP) is 3.62. The summed E-state index contributed by atoms with van der Waals surface area (Å²) in [5.74, 6) is 0. The Morgan fingerprint density at radius 2 is 1.52 bits per heavy atom. The molecule has 0 saturated carbocycles. The van der Waals surface area contributed by atoms with Gasteiger partial charge in [0.1, 0.15) is 5.60 Å². The molecule has 1 heterocycles. The SMILES string of the molecule is CC(C)(C)OC(=O)N1CCCN(S(=O)(=O)c2ccc(C(C)(C)C)cc2)CC1. The first-order valence-electron chi connectivity index (χ1n) is 9.39. The zero-order valence-corrected chi connectivity index (χ0v) is 18.1. The van der Waals surface area contributed by atoms with E-state index < -0.39 is 21.7 Å². The van der Waals surface area contributed by atoms with Gasteiger partial charge in [-0.3, -0.25) is 0 Å². The Bertz CT molecular complexity index is 759. The minimum atomic E-state index is -3.58. The first kappa shape index (κ1) is 21.7. The van der Waals surface area contributed by atoms with Gasteiger partial charge in [-0.25, -0.2) is 13.2 Å². The van der Waals surface area contributed by atoms with Crippen LogP contribution in [0.15, 0.2) is 29.2 Å². The Hall–Kier alpha value is -1.60. The summed E-state index contributed by atoms with van der Waals surface area (Å²) in [6, 6.07) is 7.09. The van der Waals surface area contributed by atoms with Gasteiger partial charge in [0, 0.05) is 26.2 Å². The summed E-state index contributed by atoms with van der Waals surface area (Å²) in [7, 11) is -3.58. The fourth-order valence-corrected chi connectivity index (χ4v) is 4.39. The van der Waals surface area contributed by atoms with Crippen molar-refractivity contribution in [2.75, 3.05) is 26.2 Å². The Labute approximate surface area is 163 Å². The highest BCUT2D eigenvalue weighted by atomic mass is 32.2. The minimum absolute atomic E-state index is 0.0290. The second-order valence-electron chi connectivity index (χ2n) is 9.00. The molecule has 0 aromatic heterocycles. The molecule has 0 atom stereocenters. The molecule has 0 bridgehead atoms. The molecule has 1 aromatic carbocycles. The molecular weight excluding hydrogens is 364 g/mol. The molecule has 6 nitrogen and oxygen atoms in total. The van der Waals surface area contributed by atoms with Crippen molar-refractivity contribution in [1.82, 2.24) is 9.21 Å². The molecule has 0 aliphatic carbocycles. The Morgan fingerprint density at radius 3 is 2.04 bits per heavy atom. The van der Waals surface area contributed by atoms with Gasteiger partial charge in [0.25, 0.3) is 0 Å². The van der Waals surface area contributed by atoms with E-state index in [2.05, 4.69) is 20.8 Å². The molecule has 0 spiro atoms. The van der Waals surface area contributed by atoms with Gasteiger partial charge in [0.15, 0.2) is 0 Å². The summed E-state index contributed by atoms with van der Waals surface area (Å²) in [6.45, 7) is 13.2. The largest absolute Gasteiger partial charge is 0.444 e. The number of carbonyl (C=O) groups is 1. The number of rotatable bonds is 2. The molecule has 1 saturated heterocycles. The molecule has 1 aliphatic heterocycles. The van der Waals surface area contributed by atoms with E-state index in [-0.39, 0.29) is 12.0 Å². The fraction of sp³-hybridized carbons (Fsp3) is 0.650. The van der Waals surface area contributed by atoms with E-state index in [0.717, 1.165) is 5.56 Å². The number of amides is 1. The highest BCUT2D eigenvalue weighted by molar-refractivity contribution is 7.89. The highest BCUT2D eigenvalue weighted by Gasteiger charge is 2.30. The second-order valence-corrected chi connectivity index (χ2v) is 10.9. The topological polar surface area (TPSA) is 66.9 Å². The molecule has 0 radical (unpaired) electrons. The van der Waals surface area contributed by atoms with Crippen LogP contribution in [-0.2, 0) is 20.2 Å². The van der Waals surface area contributed by atoms with Gasteiger partial charge in [-0.2, -0.15) is 4.31 Å². The van der Waals surface area contributed by atoms with Crippen LogP contribution in [0.1, 0.15) is 53.5 Å². The number of ether oxygens (including phenoxy) is 1. The van der Waals surface area contributed by atoms with Gasteiger partial charge in [-0.1, -0.05) is 32.9 Å². The summed E-state index contributed by atoms with van der Waals surface area (Å²) in [6.07, 6.45) is 0.190. The van der Waals surface area contributed by atoms with Gasteiger partial charge in [0.2, 0.25) is 10.0 Å². The number of hydrogen-bond acceptors (Lipinski definition) is 4. The number of benzene rings is 1. The lowest BCUT2D eigenvalue weighted by Crippen LogP contribution is -2.40. The Morgan fingerprint density at radius 1 is 0.926 bits per heavy atom. The van der Waals surface area contributed by atoms with E-state index in [0.29, 0.717) is 31.0 Å². The van der Waals surface area contributed by atoms with Crippen molar-refractivity contribution < 1.29 is 17.9 Å². The molecule has 152 valence electrons. The molecule has 7 heteroatoms. The fourth-order valence-electron chi connectivity index (χ4n) is 2.92. The van der Waals surface area contributed by atoms with Crippen LogP contribution >= 0.6 is 0 Å². The molecular formula is C20H32N2O4S. The maximum Gasteiger partial charge on any atom is 0.410 e. The summed E-state index contributed by atoms with van der Waals surface area (Å²) < 4.78 is 32.9. The van der Waals surface area contributed by atoms with Gasteiger partial charge in [-0.05, 0) is 50.3 Å². The number of carbonyl (C=O) groups excluding carboxylic acids is 1. The standard InChI is InChI=1S/C20H32N2O4S/c1-19(2,3)16-8-10-17(11-9-16)27(24,25)22-13-7-12-21(14-15-22)18(23)26-20(4,5)6/h8-11H,7,12-15H2,1-6H3. The molecule has 0 unspecified atom stereocenters. The van der Waals surface area contributed by atoms with Crippen LogP contribution in [0.25, 0.3) is 0 Å². The number of hydrogen-bond donors (Lipinski definition) is 0. The van der Waals surface area contributed by atoms with E-state index in [1.165, 1.54) is 4.31 Å². The lowest BCUT2D eigenvalue weighted by Gasteiger charge is -2.26. The molecule has 1 amide bonds. The van der Waals surface area contributed by atoms with E-state index in [1.54, 1.807) is 17.0 Å². The number of sulfonamides is 1. The zero-order valence-electron chi connectivity index (χ0n) is 17.3. The number of nitrogens with zero attached hydrogens (tertiary/aromatic N) is 2. The predicted molar refractivity (Wildman–Crippen MR) is 106 cm³/mol. The van der Waals surface area contributed by atoms with Crippen molar-refractivity contribution in [2.45, 2.75) is 63.9 Å². The van der Waals surface area contributed by atoms with Crippen molar-refractivity contribution >= 4 is 16.1 Å². The second kappa shape index (κ2) is 7.80.